The Bertz CT molecular complexity index is 631. The van der Waals surface area contributed by atoms with Crippen LogP contribution < -0.4 is 4.74 Å². The fraction of sp³-hybridized carbons (Fsp3) is 0.444. The van der Waals surface area contributed by atoms with Crippen molar-refractivity contribution >= 4 is 11.8 Å². The number of carbonyl (C=O) groups excluding carboxylic acids is 2. The second-order valence-electron chi connectivity index (χ2n) is 5.39. The smallest absolute Gasteiger partial charge is 0.298 e. The molecule has 23 heavy (non-hydrogen) atoms. The van der Waals surface area contributed by atoms with Crippen molar-refractivity contribution in [3.63, 3.8) is 0 Å². The molecule has 1 saturated heterocycles. The summed E-state index contributed by atoms with van der Waals surface area (Å²) in [6, 6.07) is 7.55. The lowest BCUT2D eigenvalue weighted by molar-refractivity contribution is -0.131. The third-order valence-corrected chi connectivity index (χ3v) is 3.90. The molecule has 122 valence electrons. The summed E-state index contributed by atoms with van der Waals surface area (Å²) < 4.78 is 5.29. The van der Waals surface area contributed by atoms with E-state index < -0.39 is 0 Å². The van der Waals surface area contributed by atoms with E-state index in [2.05, 4.69) is 11.8 Å². The molecule has 1 aliphatic heterocycles. The van der Waals surface area contributed by atoms with E-state index in [-0.39, 0.29) is 11.8 Å². The lowest BCUT2D eigenvalue weighted by atomic mass is 10.1. The summed E-state index contributed by atoms with van der Waals surface area (Å²) in [6.45, 7) is 4.04. The summed E-state index contributed by atoms with van der Waals surface area (Å²) in [5.41, 5.74) is 0.883. The number of benzene rings is 1. The highest BCUT2D eigenvalue weighted by Crippen LogP contribution is 2.19. The SMILES string of the molecule is CC#CC(=O)N1CCCN(C(=O)Cc2ccccc2OC)CC1. The molecule has 1 aliphatic rings. The number of hydrogen-bond donors (Lipinski definition) is 0. The number of rotatable bonds is 3. The molecule has 0 aromatic heterocycles. The van der Waals surface area contributed by atoms with Gasteiger partial charge in [0, 0.05) is 31.7 Å². The molecular formula is C18H22N2O3. The van der Waals surface area contributed by atoms with Gasteiger partial charge < -0.3 is 14.5 Å². The molecule has 1 heterocycles. The highest BCUT2D eigenvalue weighted by atomic mass is 16.5. The second kappa shape index (κ2) is 8.23. The molecule has 0 bridgehead atoms. The molecular weight excluding hydrogens is 292 g/mol. The molecule has 2 rings (SSSR count). The Morgan fingerprint density at radius 3 is 2.57 bits per heavy atom. The summed E-state index contributed by atoms with van der Waals surface area (Å²) in [7, 11) is 1.60. The predicted molar refractivity (Wildman–Crippen MR) is 87.9 cm³/mol. The van der Waals surface area contributed by atoms with E-state index in [0.717, 1.165) is 17.7 Å². The van der Waals surface area contributed by atoms with Gasteiger partial charge in [-0.15, -0.1) is 0 Å². The van der Waals surface area contributed by atoms with Crippen molar-refractivity contribution in [1.29, 1.82) is 0 Å². The molecule has 0 atom stereocenters. The first-order valence-electron chi connectivity index (χ1n) is 7.77. The van der Waals surface area contributed by atoms with Crippen LogP contribution in [0.25, 0.3) is 0 Å². The van der Waals surface area contributed by atoms with Crippen molar-refractivity contribution in [2.45, 2.75) is 19.8 Å². The topological polar surface area (TPSA) is 49.9 Å². The third kappa shape index (κ3) is 4.49. The monoisotopic (exact) mass is 314 g/mol. The zero-order valence-electron chi connectivity index (χ0n) is 13.7. The van der Waals surface area contributed by atoms with Crippen LogP contribution in [0, 0.1) is 11.8 Å². The lowest BCUT2D eigenvalue weighted by Gasteiger charge is -2.21. The molecule has 0 aliphatic carbocycles. The van der Waals surface area contributed by atoms with Gasteiger partial charge in [0.25, 0.3) is 5.91 Å². The first kappa shape index (κ1) is 16.9. The molecule has 1 aromatic carbocycles. The van der Waals surface area contributed by atoms with Crippen molar-refractivity contribution in [3.8, 4) is 17.6 Å². The van der Waals surface area contributed by atoms with E-state index in [1.54, 1.807) is 18.9 Å². The Kier molecular flexibility index (Phi) is 6.04. The predicted octanol–water partition coefficient (Wildman–Crippen LogP) is 1.32. The minimum Gasteiger partial charge on any atom is -0.496 e. The van der Waals surface area contributed by atoms with Gasteiger partial charge in [0.2, 0.25) is 5.91 Å². The van der Waals surface area contributed by atoms with Crippen LogP contribution in [0.2, 0.25) is 0 Å². The zero-order chi connectivity index (χ0) is 16.7. The number of ether oxygens (including phenoxy) is 1. The molecule has 1 aromatic rings. The van der Waals surface area contributed by atoms with Gasteiger partial charge in [-0.05, 0) is 25.3 Å². The van der Waals surface area contributed by atoms with Crippen LogP contribution in [-0.4, -0.2) is 54.9 Å². The van der Waals surface area contributed by atoms with Crippen LogP contribution in [0.3, 0.4) is 0 Å². The number of hydrogen-bond acceptors (Lipinski definition) is 3. The zero-order valence-corrected chi connectivity index (χ0v) is 13.7. The summed E-state index contributed by atoms with van der Waals surface area (Å²) in [4.78, 5) is 27.9. The maximum Gasteiger partial charge on any atom is 0.298 e. The van der Waals surface area contributed by atoms with Crippen molar-refractivity contribution in [3.05, 3.63) is 29.8 Å². The van der Waals surface area contributed by atoms with Gasteiger partial charge in [0.05, 0.1) is 13.5 Å². The minimum atomic E-state index is -0.161. The first-order valence-corrected chi connectivity index (χ1v) is 7.77. The molecule has 2 amide bonds. The molecule has 0 unspecified atom stereocenters. The molecule has 1 fully saturated rings. The van der Waals surface area contributed by atoms with Gasteiger partial charge in [0.15, 0.2) is 0 Å². The van der Waals surface area contributed by atoms with Gasteiger partial charge in [-0.2, -0.15) is 0 Å². The number of para-hydroxylation sites is 1. The molecule has 0 spiro atoms. The minimum absolute atomic E-state index is 0.0605. The van der Waals surface area contributed by atoms with Gasteiger partial charge in [-0.25, -0.2) is 0 Å². The van der Waals surface area contributed by atoms with Gasteiger partial charge in [-0.1, -0.05) is 24.1 Å². The van der Waals surface area contributed by atoms with E-state index in [4.69, 9.17) is 4.74 Å². The Morgan fingerprint density at radius 2 is 1.83 bits per heavy atom. The number of nitrogens with zero attached hydrogens (tertiary/aromatic N) is 2. The Hall–Kier alpha value is -2.48. The quantitative estimate of drug-likeness (QED) is 0.791. The molecule has 5 heteroatoms. The summed E-state index contributed by atoms with van der Waals surface area (Å²) in [5, 5.41) is 0. The summed E-state index contributed by atoms with van der Waals surface area (Å²) >= 11 is 0. The summed E-state index contributed by atoms with van der Waals surface area (Å²) in [6.07, 6.45) is 1.08. The maximum absolute atomic E-state index is 12.5. The van der Waals surface area contributed by atoms with Crippen molar-refractivity contribution < 1.29 is 14.3 Å². The molecule has 0 saturated carbocycles. The van der Waals surface area contributed by atoms with Crippen molar-refractivity contribution in [1.82, 2.24) is 9.80 Å². The number of carbonyl (C=O) groups is 2. The van der Waals surface area contributed by atoms with Crippen LogP contribution >= 0.6 is 0 Å². The standard InChI is InChI=1S/C18H22N2O3/c1-3-7-17(21)19-10-6-11-20(13-12-19)18(22)14-15-8-4-5-9-16(15)23-2/h4-5,8-9H,6,10-14H2,1-2H3. The highest BCUT2D eigenvalue weighted by molar-refractivity contribution is 5.93. The van der Waals surface area contributed by atoms with Crippen LogP contribution in [0.4, 0.5) is 0 Å². The first-order chi connectivity index (χ1) is 11.2. The Labute approximate surface area is 137 Å². The van der Waals surface area contributed by atoms with Gasteiger partial charge in [0.1, 0.15) is 5.75 Å². The maximum atomic E-state index is 12.5. The molecule has 5 nitrogen and oxygen atoms in total. The Morgan fingerprint density at radius 1 is 1.13 bits per heavy atom. The normalized spacial score (nSPS) is 14.5. The van der Waals surface area contributed by atoms with E-state index >= 15 is 0 Å². The van der Waals surface area contributed by atoms with Crippen LogP contribution in [0.1, 0.15) is 18.9 Å². The second-order valence-corrected chi connectivity index (χ2v) is 5.39. The van der Waals surface area contributed by atoms with E-state index in [1.165, 1.54) is 0 Å². The fourth-order valence-electron chi connectivity index (χ4n) is 2.68. The molecule has 0 radical (unpaired) electrons. The largest absolute Gasteiger partial charge is 0.496 e. The lowest BCUT2D eigenvalue weighted by Crippen LogP contribution is -2.37. The van der Waals surface area contributed by atoms with Crippen LogP contribution in [0.5, 0.6) is 5.75 Å². The summed E-state index contributed by atoms with van der Waals surface area (Å²) in [5.74, 6) is 5.82. The van der Waals surface area contributed by atoms with Crippen molar-refractivity contribution in [2.75, 3.05) is 33.3 Å². The number of amides is 2. The van der Waals surface area contributed by atoms with Crippen LogP contribution in [-0.2, 0) is 16.0 Å². The van der Waals surface area contributed by atoms with E-state index in [1.807, 2.05) is 29.2 Å². The molecule has 0 N–H and O–H groups in total. The number of methoxy groups -OCH3 is 1. The van der Waals surface area contributed by atoms with Crippen LogP contribution in [0.15, 0.2) is 24.3 Å². The third-order valence-electron chi connectivity index (χ3n) is 3.90. The van der Waals surface area contributed by atoms with Crippen molar-refractivity contribution in [2.24, 2.45) is 0 Å². The Balaban J connectivity index is 1.97. The fourth-order valence-corrected chi connectivity index (χ4v) is 2.68. The van der Waals surface area contributed by atoms with E-state index in [0.29, 0.717) is 32.6 Å². The average Bonchev–Trinajstić information content (AvgIpc) is 2.81. The van der Waals surface area contributed by atoms with E-state index in [9.17, 15) is 9.59 Å². The van der Waals surface area contributed by atoms with Gasteiger partial charge >= 0.3 is 0 Å². The average molecular weight is 314 g/mol. The van der Waals surface area contributed by atoms with Gasteiger partial charge in [-0.3, -0.25) is 9.59 Å². The highest BCUT2D eigenvalue weighted by Gasteiger charge is 2.21.